The minimum absolute atomic E-state index is 0.0229. The van der Waals surface area contributed by atoms with Gasteiger partial charge in [-0.05, 0) is 72.9 Å². The lowest BCUT2D eigenvalue weighted by Gasteiger charge is -2.36. The number of hydrogen-bond donors (Lipinski definition) is 4. The highest BCUT2D eigenvalue weighted by molar-refractivity contribution is 8.78. The number of phenolic OH excluding ortho intramolecular Hbond substituents is 1. The van der Waals surface area contributed by atoms with Crippen molar-refractivity contribution in [3.05, 3.63) is 69.7 Å². The fourth-order valence-corrected chi connectivity index (χ4v) is 8.73. The van der Waals surface area contributed by atoms with E-state index in [9.17, 15) is 19.5 Å². The highest BCUT2D eigenvalue weighted by atomic mass is 33.1. The second-order valence-electron chi connectivity index (χ2n) is 13.6. The molecule has 0 saturated heterocycles. The third kappa shape index (κ3) is 18.1. The summed E-state index contributed by atoms with van der Waals surface area (Å²) in [4.78, 5) is 46.7. The minimum Gasteiger partial charge on any atom is -0.508 e. The van der Waals surface area contributed by atoms with Gasteiger partial charge in [0.1, 0.15) is 22.6 Å². The molecule has 13 heteroatoms. The molecule has 2 aromatic rings. The lowest BCUT2D eigenvalue weighted by atomic mass is 9.95. The molecule has 1 heterocycles. The first-order valence-electron chi connectivity index (χ1n) is 19.6. The summed E-state index contributed by atoms with van der Waals surface area (Å²) in [7, 11) is 3.33. The number of unbranched alkanes of at least 4 members (excludes halogenated alkanes) is 1. The number of thiazole rings is 1. The van der Waals surface area contributed by atoms with E-state index in [0.29, 0.717) is 57.6 Å². The lowest BCUT2D eigenvalue weighted by molar-refractivity contribution is -0.135. The van der Waals surface area contributed by atoms with Crippen LogP contribution in [0.2, 0.25) is 0 Å². The van der Waals surface area contributed by atoms with Crippen LogP contribution in [-0.4, -0.2) is 76.8 Å². The third-order valence-corrected chi connectivity index (χ3v) is 12.0. The van der Waals surface area contributed by atoms with Gasteiger partial charge >= 0.3 is 0 Å². The third-order valence-electron chi connectivity index (χ3n) is 8.65. The van der Waals surface area contributed by atoms with Gasteiger partial charge in [0.05, 0.1) is 5.03 Å². The molecule has 0 bridgehead atoms. The molecule has 2 rings (SSSR count). The Hall–Kier alpha value is -3.00. The van der Waals surface area contributed by atoms with Crippen molar-refractivity contribution in [2.24, 2.45) is 5.92 Å². The maximum absolute atomic E-state index is 13.7. The molecule has 1 aromatic heterocycles. The number of nitrogens with zero attached hydrogens (tertiary/aromatic N) is 2. The van der Waals surface area contributed by atoms with E-state index in [2.05, 4.69) is 70.1 Å². The van der Waals surface area contributed by atoms with Crippen LogP contribution in [0, 0.1) is 5.92 Å². The number of allylic oxidation sites excluding steroid dienone is 1. The molecule has 3 amide bonds. The molecular weight excluding hydrogens is 739 g/mol. The van der Waals surface area contributed by atoms with Crippen molar-refractivity contribution >= 4 is 50.6 Å². The Morgan fingerprint density at radius 3 is 2.46 bits per heavy atom. The van der Waals surface area contributed by atoms with E-state index in [1.54, 1.807) is 39.1 Å². The minimum atomic E-state index is -0.354. The first-order chi connectivity index (χ1) is 26.1. The fraction of sp³-hybridized carbons (Fsp3) is 0.610. The van der Waals surface area contributed by atoms with Crippen molar-refractivity contribution in [3.63, 3.8) is 0 Å². The maximum atomic E-state index is 13.7. The molecule has 54 heavy (non-hydrogen) atoms. The summed E-state index contributed by atoms with van der Waals surface area (Å²) in [5, 5.41) is 22.8. The average Bonchev–Trinajstić information content (AvgIpc) is 3.65. The van der Waals surface area contributed by atoms with E-state index < -0.39 is 0 Å². The zero-order valence-corrected chi connectivity index (χ0v) is 35.8. The van der Waals surface area contributed by atoms with Crippen LogP contribution in [0.4, 0.5) is 0 Å². The van der Waals surface area contributed by atoms with Crippen molar-refractivity contribution in [3.8, 4) is 5.75 Å². The summed E-state index contributed by atoms with van der Waals surface area (Å²) in [6, 6.07) is 6.53. The number of benzene rings is 1. The van der Waals surface area contributed by atoms with Crippen molar-refractivity contribution in [2.75, 3.05) is 32.0 Å². The number of phenols is 1. The van der Waals surface area contributed by atoms with Crippen LogP contribution in [0.5, 0.6) is 5.75 Å². The Balaban J connectivity index is 2.13. The van der Waals surface area contributed by atoms with Gasteiger partial charge in [-0.2, -0.15) is 0 Å². The number of carbonyl (C=O) groups is 3. The van der Waals surface area contributed by atoms with Gasteiger partial charge in [0.25, 0.3) is 5.91 Å². The monoisotopic (exact) mass is 803 g/mol. The summed E-state index contributed by atoms with van der Waals surface area (Å²) in [5.41, 5.74) is 1.24. The number of rotatable bonds is 29. The highest BCUT2D eigenvalue weighted by Crippen LogP contribution is 2.32. The van der Waals surface area contributed by atoms with Crippen molar-refractivity contribution in [1.82, 2.24) is 25.8 Å². The summed E-state index contributed by atoms with van der Waals surface area (Å²) in [5.74, 6) is 0.933. The number of hydrogen-bond acceptors (Lipinski definition) is 10. The Morgan fingerprint density at radius 2 is 1.81 bits per heavy atom. The van der Waals surface area contributed by atoms with Crippen LogP contribution < -0.4 is 16.0 Å². The van der Waals surface area contributed by atoms with Gasteiger partial charge < -0.3 is 30.7 Å². The van der Waals surface area contributed by atoms with Crippen LogP contribution in [0.3, 0.4) is 0 Å². The predicted molar refractivity (Wildman–Crippen MR) is 228 cm³/mol. The van der Waals surface area contributed by atoms with Crippen molar-refractivity contribution in [2.45, 2.75) is 124 Å². The van der Waals surface area contributed by atoms with Gasteiger partial charge in [0.15, 0.2) is 0 Å². The van der Waals surface area contributed by atoms with E-state index >= 15 is 0 Å². The molecule has 0 spiro atoms. The Kier molecular flexibility index (Phi) is 24.1. The molecule has 0 saturated carbocycles. The molecule has 0 fully saturated rings. The van der Waals surface area contributed by atoms with Gasteiger partial charge in [0, 0.05) is 68.7 Å². The number of aromatic nitrogens is 1. The summed E-state index contributed by atoms with van der Waals surface area (Å²) < 4.78 is 6.36. The molecule has 0 aliphatic carbocycles. The van der Waals surface area contributed by atoms with Gasteiger partial charge in [-0.15, -0.1) is 17.9 Å². The lowest BCUT2D eigenvalue weighted by Crippen LogP contribution is -2.44. The zero-order valence-electron chi connectivity index (χ0n) is 33.4. The summed E-state index contributed by atoms with van der Waals surface area (Å²) in [6.07, 6.45) is 10.4. The van der Waals surface area contributed by atoms with Crippen LogP contribution >= 0.6 is 32.9 Å². The predicted octanol–water partition coefficient (Wildman–Crippen LogP) is 8.81. The number of carbonyl (C=O) groups excluding carboxylic acids is 3. The second-order valence-corrected chi connectivity index (χ2v) is 17.0. The van der Waals surface area contributed by atoms with Crippen LogP contribution in [0.25, 0.3) is 0 Å². The maximum Gasteiger partial charge on any atom is 0.270 e. The second kappa shape index (κ2) is 27.6. The highest BCUT2D eigenvalue weighted by Gasteiger charge is 2.31. The van der Waals surface area contributed by atoms with Crippen LogP contribution in [0.15, 0.2) is 53.4 Å². The standard InChI is InChI=1S/C41H65N5O5S3/c1-8-13-15-39(49)46(24-11-4)35(30(6)7)28-36(51-25-12-5)41-45-34(29-52-41)40(50)44-32(27-31-16-19-33(47)20-17-31)18-21-37(48)42-23-26-53-54-38(14-9-2)43-22-10-3/h10,14,16-17,19-20,29-30,32,35-36,43,47H,3,8-9,11-13,15,18,21-28H2,1-2,4-7H3,(H,42,48)(H,44,50)/b38-14+. The molecule has 10 nitrogen and oxygen atoms in total. The van der Waals surface area contributed by atoms with Gasteiger partial charge in [-0.25, -0.2) is 4.98 Å². The van der Waals surface area contributed by atoms with Gasteiger partial charge in [-0.3, -0.25) is 14.4 Å². The SMILES string of the molecule is C=CCN/C(=C\CC)SSCCNC(=O)CCC(Cc1ccc(O)cc1)NC(=O)c1csc(C(CC(C(C)C)N(CCC)C(=O)CCCC)OCCC)n1. The van der Waals surface area contributed by atoms with E-state index in [0.717, 1.165) is 53.5 Å². The van der Waals surface area contributed by atoms with E-state index in [-0.39, 0.29) is 54.0 Å². The largest absolute Gasteiger partial charge is 0.508 e. The number of ether oxygens (including phenoxy) is 1. The Bertz CT molecular complexity index is 1420. The number of nitrogens with one attached hydrogen (secondary N) is 3. The average molecular weight is 804 g/mol. The van der Waals surface area contributed by atoms with Crippen LogP contribution in [-0.2, 0) is 20.7 Å². The molecule has 0 aliphatic heterocycles. The van der Waals surface area contributed by atoms with Crippen molar-refractivity contribution < 1.29 is 24.2 Å². The Labute approximate surface area is 336 Å². The molecule has 3 atom stereocenters. The molecule has 0 aliphatic rings. The first kappa shape index (κ1) is 47.2. The van der Waals surface area contributed by atoms with E-state index in [1.807, 2.05) is 23.1 Å². The number of aromatic hydroxyl groups is 1. The fourth-order valence-electron chi connectivity index (χ4n) is 5.83. The molecule has 0 radical (unpaired) electrons. The molecule has 302 valence electrons. The zero-order chi connectivity index (χ0) is 39.7. The topological polar surface area (TPSA) is 133 Å². The normalized spacial score (nSPS) is 13.3. The molecule has 4 N–H and O–H groups in total. The summed E-state index contributed by atoms with van der Waals surface area (Å²) >= 11 is 1.40. The quantitative estimate of drug-likeness (QED) is 0.0362. The van der Waals surface area contributed by atoms with Crippen LogP contribution in [0.1, 0.15) is 126 Å². The Morgan fingerprint density at radius 1 is 1.06 bits per heavy atom. The smallest absolute Gasteiger partial charge is 0.270 e. The first-order valence-corrected chi connectivity index (χ1v) is 22.8. The van der Waals surface area contributed by atoms with Gasteiger partial charge in [0.2, 0.25) is 11.8 Å². The molecule has 3 unspecified atom stereocenters. The van der Waals surface area contributed by atoms with Crippen molar-refractivity contribution in [1.29, 1.82) is 0 Å². The number of amides is 3. The molecule has 1 aromatic carbocycles. The van der Waals surface area contributed by atoms with Gasteiger partial charge in [-0.1, -0.05) is 83.0 Å². The van der Waals surface area contributed by atoms with E-state index in [1.165, 1.54) is 11.3 Å². The summed E-state index contributed by atoms with van der Waals surface area (Å²) in [6.45, 7) is 18.9. The van der Waals surface area contributed by atoms with E-state index in [4.69, 9.17) is 9.72 Å². The molecular formula is C41H65N5O5S3.